The van der Waals surface area contributed by atoms with Gasteiger partial charge in [0.05, 0.1) is 6.54 Å². The summed E-state index contributed by atoms with van der Waals surface area (Å²) in [4.78, 5) is 4.85. The summed E-state index contributed by atoms with van der Waals surface area (Å²) in [5.41, 5.74) is 0. The molecule has 1 N–H and O–H groups in total. The lowest BCUT2D eigenvalue weighted by Gasteiger charge is -2.00. The molecule has 2 aromatic rings. The molecule has 0 aliphatic carbocycles. The van der Waals surface area contributed by atoms with Crippen molar-refractivity contribution < 1.29 is 12.9 Å². The monoisotopic (exact) mass is 273 g/mol. The van der Waals surface area contributed by atoms with Gasteiger partial charge in [-0.1, -0.05) is 5.16 Å². The maximum atomic E-state index is 11.8. The Kier molecular flexibility index (Phi) is 3.27. The Hall–Kier alpha value is -1.25. The van der Waals surface area contributed by atoms with Gasteiger partial charge >= 0.3 is 0 Å². The first-order chi connectivity index (χ1) is 7.97. The van der Waals surface area contributed by atoms with E-state index in [1.165, 1.54) is 11.3 Å². The van der Waals surface area contributed by atoms with Gasteiger partial charge in [-0.15, -0.1) is 11.3 Å². The molecule has 2 aromatic heterocycles. The molecule has 0 saturated carbocycles. The SMILES string of the molecule is Cc1noc(CNS(=O)(=O)c2ccc(C)s2)n1. The van der Waals surface area contributed by atoms with E-state index < -0.39 is 10.0 Å². The van der Waals surface area contributed by atoms with Gasteiger partial charge in [0, 0.05) is 4.88 Å². The highest BCUT2D eigenvalue weighted by atomic mass is 32.2. The standard InChI is InChI=1S/C9H11N3O3S2/c1-6-3-4-9(16-6)17(13,14)10-5-8-11-7(2)12-15-8/h3-4,10H,5H2,1-2H3. The summed E-state index contributed by atoms with van der Waals surface area (Å²) in [7, 11) is -3.49. The summed E-state index contributed by atoms with van der Waals surface area (Å²) in [5.74, 6) is 0.727. The van der Waals surface area contributed by atoms with E-state index in [-0.39, 0.29) is 16.6 Å². The minimum Gasteiger partial charge on any atom is -0.338 e. The van der Waals surface area contributed by atoms with Crippen LogP contribution in [0.4, 0.5) is 0 Å². The number of aromatic nitrogens is 2. The highest BCUT2D eigenvalue weighted by molar-refractivity contribution is 7.91. The van der Waals surface area contributed by atoms with Gasteiger partial charge in [-0.3, -0.25) is 0 Å². The Bertz CT molecular complexity index is 615. The highest BCUT2D eigenvalue weighted by Gasteiger charge is 2.17. The van der Waals surface area contributed by atoms with Crippen LogP contribution in [0.25, 0.3) is 0 Å². The van der Waals surface area contributed by atoms with E-state index in [9.17, 15) is 8.42 Å². The van der Waals surface area contributed by atoms with Crippen molar-refractivity contribution in [2.45, 2.75) is 24.6 Å². The van der Waals surface area contributed by atoms with Crippen molar-refractivity contribution in [3.05, 3.63) is 28.7 Å². The third-order valence-corrected chi connectivity index (χ3v) is 4.86. The maximum Gasteiger partial charge on any atom is 0.250 e. The Labute approximate surface area is 103 Å². The molecule has 0 fully saturated rings. The molecule has 0 radical (unpaired) electrons. The van der Waals surface area contributed by atoms with E-state index in [1.54, 1.807) is 19.1 Å². The number of nitrogens with zero attached hydrogens (tertiary/aromatic N) is 2. The lowest BCUT2D eigenvalue weighted by molar-refractivity contribution is 0.372. The van der Waals surface area contributed by atoms with E-state index in [0.717, 1.165) is 4.88 Å². The van der Waals surface area contributed by atoms with Gasteiger partial charge < -0.3 is 4.52 Å². The average molecular weight is 273 g/mol. The molecular weight excluding hydrogens is 262 g/mol. The Morgan fingerprint density at radius 1 is 1.41 bits per heavy atom. The third-order valence-electron chi connectivity index (χ3n) is 1.96. The second kappa shape index (κ2) is 4.55. The summed E-state index contributed by atoms with van der Waals surface area (Å²) in [6.07, 6.45) is 0. The summed E-state index contributed by atoms with van der Waals surface area (Å²) in [6, 6.07) is 3.33. The van der Waals surface area contributed by atoms with Crippen LogP contribution in [-0.2, 0) is 16.6 Å². The van der Waals surface area contributed by atoms with Crippen LogP contribution in [0.15, 0.2) is 20.9 Å². The van der Waals surface area contributed by atoms with E-state index in [1.807, 2.05) is 6.92 Å². The van der Waals surface area contributed by atoms with Crippen molar-refractivity contribution in [1.29, 1.82) is 0 Å². The van der Waals surface area contributed by atoms with Crippen LogP contribution < -0.4 is 4.72 Å². The number of aryl methyl sites for hydroxylation is 2. The predicted octanol–water partition coefficient (Wildman–Crippen LogP) is 1.23. The summed E-state index contributed by atoms with van der Waals surface area (Å²) < 4.78 is 31.2. The molecule has 17 heavy (non-hydrogen) atoms. The fraction of sp³-hybridized carbons (Fsp3) is 0.333. The first-order valence-electron chi connectivity index (χ1n) is 4.83. The average Bonchev–Trinajstić information content (AvgIpc) is 2.85. The molecule has 0 atom stereocenters. The van der Waals surface area contributed by atoms with Gasteiger partial charge in [0.1, 0.15) is 4.21 Å². The van der Waals surface area contributed by atoms with Gasteiger partial charge in [-0.2, -0.15) is 4.98 Å². The quantitative estimate of drug-likeness (QED) is 0.905. The number of rotatable bonds is 4. The van der Waals surface area contributed by atoms with Crippen molar-refractivity contribution in [2.24, 2.45) is 0 Å². The van der Waals surface area contributed by atoms with Crippen molar-refractivity contribution in [2.75, 3.05) is 0 Å². The molecule has 8 heteroatoms. The van der Waals surface area contributed by atoms with Gasteiger partial charge in [0.2, 0.25) is 5.89 Å². The zero-order chi connectivity index (χ0) is 12.5. The van der Waals surface area contributed by atoms with E-state index >= 15 is 0 Å². The Morgan fingerprint density at radius 3 is 2.71 bits per heavy atom. The number of sulfonamides is 1. The summed E-state index contributed by atoms with van der Waals surface area (Å²) in [6.45, 7) is 3.52. The molecule has 0 unspecified atom stereocenters. The van der Waals surface area contributed by atoms with Crippen LogP contribution in [0.5, 0.6) is 0 Å². The molecule has 2 heterocycles. The summed E-state index contributed by atoms with van der Waals surface area (Å²) in [5, 5.41) is 3.58. The van der Waals surface area contributed by atoms with E-state index in [0.29, 0.717) is 5.82 Å². The lowest BCUT2D eigenvalue weighted by Crippen LogP contribution is -2.22. The van der Waals surface area contributed by atoms with Crippen LogP contribution in [0, 0.1) is 13.8 Å². The third kappa shape index (κ3) is 2.90. The molecule has 0 aromatic carbocycles. The van der Waals surface area contributed by atoms with Crippen LogP contribution in [0.2, 0.25) is 0 Å². The summed E-state index contributed by atoms with van der Waals surface area (Å²) >= 11 is 1.22. The van der Waals surface area contributed by atoms with Crippen molar-refractivity contribution in [1.82, 2.24) is 14.9 Å². The molecule has 0 spiro atoms. The second-order valence-corrected chi connectivity index (χ2v) is 6.71. The molecule has 92 valence electrons. The number of thiophene rings is 1. The smallest absolute Gasteiger partial charge is 0.250 e. The predicted molar refractivity (Wildman–Crippen MR) is 62.1 cm³/mol. The van der Waals surface area contributed by atoms with E-state index in [4.69, 9.17) is 4.52 Å². The largest absolute Gasteiger partial charge is 0.338 e. The van der Waals surface area contributed by atoms with E-state index in [2.05, 4.69) is 14.9 Å². The molecule has 0 aliphatic rings. The molecule has 0 aliphatic heterocycles. The highest BCUT2D eigenvalue weighted by Crippen LogP contribution is 2.20. The first kappa shape index (κ1) is 12.2. The van der Waals surface area contributed by atoms with Crippen LogP contribution in [-0.4, -0.2) is 18.6 Å². The zero-order valence-corrected chi connectivity index (χ0v) is 10.9. The van der Waals surface area contributed by atoms with Gasteiger partial charge in [-0.25, -0.2) is 13.1 Å². The maximum absolute atomic E-state index is 11.8. The zero-order valence-electron chi connectivity index (χ0n) is 9.30. The fourth-order valence-electron chi connectivity index (χ4n) is 1.20. The topological polar surface area (TPSA) is 85.1 Å². The van der Waals surface area contributed by atoms with Gasteiger partial charge in [0.15, 0.2) is 5.82 Å². The van der Waals surface area contributed by atoms with Crippen molar-refractivity contribution in [3.8, 4) is 0 Å². The van der Waals surface area contributed by atoms with Gasteiger partial charge in [-0.05, 0) is 26.0 Å². The number of nitrogens with one attached hydrogen (secondary N) is 1. The fourth-order valence-corrected chi connectivity index (χ4v) is 3.50. The van der Waals surface area contributed by atoms with Gasteiger partial charge in [0.25, 0.3) is 10.0 Å². The molecular formula is C9H11N3O3S2. The minimum absolute atomic E-state index is 0.000120. The normalized spacial score (nSPS) is 11.9. The minimum atomic E-state index is -3.49. The van der Waals surface area contributed by atoms with Crippen molar-refractivity contribution >= 4 is 21.4 Å². The molecule has 0 saturated heterocycles. The lowest BCUT2D eigenvalue weighted by atomic mass is 10.5. The van der Waals surface area contributed by atoms with Crippen LogP contribution in [0.3, 0.4) is 0 Å². The first-order valence-corrected chi connectivity index (χ1v) is 7.12. The number of hydrogen-bond acceptors (Lipinski definition) is 6. The van der Waals surface area contributed by atoms with Crippen LogP contribution >= 0.6 is 11.3 Å². The van der Waals surface area contributed by atoms with Crippen molar-refractivity contribution in [3.63, 3.8) is 0 Å². The Balaban J connectivity index is 2.08. The van der Waals surface area contributed by atoms with Crippen LogP contribution in [0.1, 0.15) is 16.6 Å². The second-order valence-electron chi connectivity index (χ2n) is 3.42. The molecule has 2 rings (SSSR count). The molecule has 6 nitrogen and oxygen atoms in total. The molecule has 0 bridgehead atoms. The number of hydrogen-bond donors (Lipinski definition) is 1. The molecule has 0 amide bonds. The Morgan fingerprint density at radius 2 is 2.18 bits per heavy atom.